The molecule has 3 heteroatoms. The van der Waals surface area contributed by atoms with Crippen molar-refractivity contribution in [3.63, 3.8) is 0 Å². The zero-order valence-electron chi connectivity index (χ0n) is 12.6. The fraction of sp³-hybridized carbons (Fsp3) is 0.688. The number of nitrogens with one attached hydrogen (secondary N) is 1. The van der Waals surface area contributed by atoms with Gasteiger partial charge in [-0.3, -0.25) is 0 Å². The predicted octanol–water partition coefficient (Wildman–Crippen LogP) is 3.13. The number of nitrogens with zero attached hydrogens (tertiary/aromatic N) is 2. The Kier molecular flexibility index (Phi) is 5.20. The van der Waals surface area contributed by atoms with E-state index in [9.17, 15) is 0 Å². The minimum absolute atomic E-state index is 0.919. The van der Waals surface area contributed by atoms with Gasteiger partial charge in [-0.2, -0.15) is 0 Å². The maximum atomic E-state index is 4.71. The van der Waals surface area contributed by atoms with E-state index in [1.165, 1.54) is 30.6 Å². The lowest BCUT2D eigenvalue weighted by Gasteiger charge is -2.32. The van der Waals surface area contributed by atoms with Gasteiger partial charge in [0.25, 0.3) is 0 Å². The van der Waals surface area contributed by atoms with Crippen molar-refractivity contribution in [3.8, 4) is 0 Å². The standard InChI is InChI=1S/C16H27N3/c1-4-14-6-8-19(9-7-14)16-11-15(12-17-5-2)10-13(3)18-16/h10-11,14,17H,4-9,12H2,1-3H3. The van der Waals surface area contributed by atoms with E-state index in [-0.39, 0.29) is 0 Å². The smallest absolute Gasteiger partial charge is 0.129 e. The van der Waals surface area contributed by atoms with Crippen LogP contribution in [-0.2, 0) is 6.54 Å². The number of rotatable bonds is 5. The summed E-state index contributed by atoms with van der Waals surface area (Å²) in [6.45, 7) is 10.8. The first kappa shape index (κ1) is 14.3. The van der Waals surface area contributed by atoms with E-state index in [0.717, 1.165) is 37.8 Å². The van der Waals surface area contributed by atoms with Gasteiger partial charge in [0, 0.05) is 25.3 Å². The molecule has 0 aliphatic carbocycles. The molecule has 0 radical (unpaired) electrons. The molecule has 0 amide bonds. The summed E-state index contributed by atoms with van der Waals surface area (Å²) in [5.74, 6) is 2.09. The highest BCUT2D eigenvalue weighted by atomic mass is 15.2. The van der Waals surface area contributed by atoms with Crippen LogP contribution >= 0.6 is 0 Å². The van der Waals surface area contributed by atoms with E-state index < -0.39 is 0 Å². The van der Waals surface area contributed by atoms with Crippen LogP contribution in [0, 0.1) is 12.8 Å². The minimum atomic E-state index is 0.919. The van der Waals surface area contributed by atoms with Gasteiger partial charge >= 0.3 is 0 Å². The normalized spacial score (nSPS) is 16.9. The van der Waals surface area contributed by atoms with E-state index in [4.69, 9.17) is 4.98 Å². The predicted molar refractivity (Wildman–Crippen MR) is 81.6 cm³/mol. The molecule has 19 heavy (non-hydrogen) atoms. The average Bonchev–Trinajstić information content (AvgIpc) is 2.44. The van der Waals surface area contributed by atoms with Gasteiger partial charge < -0.3 is 10.2 Å². The maximum Gasteiger partial charge on any atom is 0.129 e. The van der Waals surface area contributed by atoms with Crippen LogP contribution in [0.1, 0.15) is 44.4 Å². The summed E-state index contributed by atoms with van der Waals surface area (Å²) in [6, 6.07) is 4.44. The molecule has 106 valence electrons. The average molecular weight is 261 g/mol. The van der Waals surface area contributed by atoms with E-state index in [0.29, 0.717) is 0 Å². The van der Waals surface area contributed by atoms with Gasteiger partial charge in [0.2, 0.25) is 0 Å². The fourth-order valence-corrected chi connectivity index (χ4v) is 2.82. The number of piperidine rings is 1. The Hall–Kier alpha value is -1.09. The number of aryl methyl sites for hydroxylation is 1. The highest BCUT2D eigenvalue weighted by Gasteiger charge is 2.19. The third-order valence-electron chi connectivity index (χ3n) is 4.09. The highest BCUT2D eigenvalue weighted by molar-refractivity contribution is 5.43. The molecule has 1 N–H and O–H groups in total. The molecule has 2 rings (SSSR count). The van der Waals surface area contributed by atoms with Gasteiger partial charge in [0.1, 0.15) is 5.82 Å². The van der Waals surface area contributed by atoms with Crippen molar-refractivity contribution in [2.24, 2.45) is 5.92 Å². The first-order valence-electron chi connectivity index (χ1n) is 7.66. The lowest BCUT2D eigenvalue weighted by Crippen LogP contribution is -2.34. The van der Waals surface area contributed by atoms with E-state index >= 15 is 0 Å². The summed E-state index contributed by atoms with van der Waals surface area (Å²) in [5, 5.41) is 3.39. The van der Waals surface area contributed by atoms with Crippen LogP contribution in [0.3, 0.4) is 0 Å². The number of anilines is 1. The third kappa shape index (κ3) is 3.93. The molecule has 0 bridgehead atoms. The number of aromatic nitrogens is 1. The largest absolute Gasteiger partial charge is 0.357 e. The van der Waals surface area contributed by atoms with Crippen molar-refractivity contribution >= 4 is 5.82 Å². The van der Waals surface area contributed by atoms with E-state index in [1.807, 2.05) is 0 Å². The quantitative estimate of drug-likeness (QED) is 0.882. The second-order valence-corrected chi connectivity index (χ2v) is 5.59. The lowest BCUT2D eigenvalue weighted by molar-refractivity contribution is 0.393. The third-order valence-corrected chi connectivity index (χ3v) is 4.09. The molecule has 0 unspecified atom stereocenters. The molecule has 2 heterocycles. The zero-order valence-corrected chi connectivity index (χ0v) is 12.6. The maximum absolute atomic E-state index is 4.71. The second kappa shape index (κ2) is 6.90. The SMILES string of the molecule is CCNCc1cc(C)nc(N2CCC(CC)CC2)c1. The van der Waals surface area contributed by atoms with Gasteiger partial charge in [0.15, 0.2) is 0 Å². The molecule has 0 saturated carbocycles. The highest BCUT2D eigenvalue weighted by Crippen LogP contribution is 2.24. The summed E-state index contributed by atoms with van der Waals surface area (Å²) in [7, 11) is 0. The fourth-order valence-electron chi connectivity index (χ4n) is 2.82. The van der Waals surface area contributed by atoms with Gasteiger partial charge in [-0.25, -0.2) is 4.98 Å². The number of hydrogen-bond acceptors (Lipinski definition) is 3. The first-order chi connectivity index (χ1) is 9.22. The molecule has 0 atom stereocenters. The van der Waals surface area contributed by atoms with Crippen LogP contribution in [0.15, 0.2) is 12.1 Å². The second-order valence-electron chi connectivity index (χ2n) is 5.59. The Morgan fingerprint density at radius 2 is 2.00 bits per heavy atom. The van der Waals surface area contributed by atoms with Crippen molar-refractivity contribution < 1.29 is 0 Å². The minimum Gasteiger partial charge on any atom is -0.357 e. The van der Waals surface area contributed by atoms with Crippen molar-refractivity contribution in [1.29, 1.82) is 0 Å². The van der Waals surface area contributed by atoms with E-state index in [2.05, 4.69) is 43.1 Å². The first-order valence-corrected chi connectivity index (χ1v) is 7.66. The molecular formula is C16H27N3. The molecule has 1 saturated heterocycles. The summed E-state index contributed by atoms with van der Waals surface area (Å²) < 4.78 is 0. The molecule has 1 fully saturated rings. The molecule has 3 nitrogen and oxygen atoms in total. The van der Waals surface area contributed by atoms with Crippen LogP contribution in [0.25, 0.3) is 0 Å². The number of hydrogen-bond donors (Lipinski definition) is 1. The topological polar surface area (TPSA) is 28.2 Å². The van der Waals surface area contributed by atoms with Gasteiger partial charge in [-0.1, -0.05) is 20.3 Å². The molecule has 1 aromatic heterocycles. The van der Waals surface area contributed by atoms with Crippen LogP contribution < -0.4 is 10.2 Å². The van der Waals surface area contributed by atoms with Crippen molar-refractivity contribution in [2.45, 2.75) is 46.6 Å². The monoisotopic (exact) mass is 261 g/mol. The van der Waals surface area contributed by atoms with Crippen molar-refractivity contribution in [2.75, 3.05) is 24.5 Å². The van der Waals surface area contributed by atoms with Gasteiger partial charge in [0.05, 0.1) is 0 Å². The molecule has 1 aliphatic rings. The molecule has 1 aliphatic heterocycles. The Morgan fingerprint density at radius 1 is 1.26 bits per heavy atom. The van der Waals surface area contributed by atoms with E-state index in [1.54, 1.807) is 0 Å². The molecule has 1 aromatic rings. The Labute approximate surface area is 117 Å². The summed E-state index contributed by atoms with van der Waals surface area (Å²) in [4.78, 5) is 7.17. The molecular weight excluding hydrogens is 234 g/mol. The summed E-state index contributed by atoms with van der Waals surface area (Å²) >= 11 is 0. The van der Waals surface area contributed by atoms with Crippen LogP contribution in [0.5, 0.6) is 0 Å². The Bertz CT molecular complexity index is 395. The summed E-state index contributed by atoms with van der Waals surface area (Å²) in [5.41, 5.74) is 2.48. The van der Waals surface area contributed by atoms with Crippen molar-refractivity contribution in [3.05, 3.63) is 23.4 Å². The molecule has 0 aromatic carbocycles. The zero-order chi connectivity index (χ0) is 13.7. The summed E-state index contributed by atoms with van der Waals surface area (Å²) in [6.07, 6.45) is 3.95. The Balaban J connectivity index is 2.05. The van der Waals surface area contributed by atoms with Gasteiger partial charge in [-0.05, 0) is 49.9 Å². The Morgan fingerprint density at radius 3 is 2.63 bits per heavy atom. The van der Waals surface area contributed by atoms with Crippen LogP contribution in [0.2, 0.25) is 0 Å². The van der Waals surface area contributed by atoms with Crippen molar-refractivity contribution in [1.82, 2.24) is 10.3 Å². The lowest BCUT2D eigenvalue weighted by atomic mass is 9.94. The molecule has 0 spiro atoms. The van der Waals surface area contributed by atoms with Gasteiger partial charge in [-0.15, -0.1) is 0 Å². The van der Waals surface area contributed by atoms with Crippen LogP contribution in [-0.4, -0.2) is 24.6 Å². The number of pyridine rings is 1. The van der Waals surface area contributed by atoms with Crippen LogP contribution in [0.4, 0.5) is 5.82 Å².